The standard InChI is InChI=1S/C15H18N6O2/c1-10-13(11(2)20(3)18-10)14(22)23-9-4-6-12-17-15-16-7-5-8-21(15)19-12/h5,7-8H,4,6,9H2,1-3H3. The van der Waals surface area contributed by atoms with E-state index >= 15 is 0 Å². The maximum Gasteiger partial charge on any atom is 0.341 e. The quantitative estimate of drug-likeness (QED) is 0.520. The summed E-state index contributed by atoms with van der Waals surface area (Å²) in [4.78, 5) is 20.6. The van der Waals surface area contributed by atoms with Crippen molar-refractivity contribution in [2.75, 3.05) is 6.61 Å². The number of hydrogen-bond donors (Lipinski definition) is 0. The van der Waals surface area contributed by atoms with Crippen LogP contribution in [0.2, 0.25) is 0 Å². The topological polar surface area (TPSA) is 87.2 Å². The van der Waals surface area contributed by atoms with E-state index in [9.17, 15) is 4.79 Å². The summed E-state index contributed by atoms with van der Waals surface area (Å²) in [6.45, 7) is 3.97. The van der Waals surface area contributed by atoms with E-state index in [0.29, 0.717) is 42.3 Å². The zero-order valence-electron chi connectivity index (χ0n) is 13.4. The molecule has 0 bridgehead atoms. The number of hydrogen-bond acceptors (Lipinski definition) is 6. The molecule has 8 heteroatoms. The van der Waals surface area contributed by atoms with Crippen molar-refractivity contribution in [3.8, 4) is 0 Å². The van der Waals surface area contributed by atoms with Crippen LogP contribution < -0.4 is 0 Å². The van der Waals surface area contributed by atoms with Gasteiger partial charge in [-0.1, -0.05) is 0 Å². The Morgan fingerprint density at radius 1 is 1.30 bits per heavy atom. The summed E-state index contributed by atoms with van der Waals surface area (Å²) < 4.78 is 8.64. The maximum atomic E-state index is 12.1. The molecule has 0 radical (unpaired) electrons. The number of carbonyl (C=O) groups is 1. The molecule has 3 aromatic rings. The third kappa shape index (κ3) is 3.05. The summed E-state index contributed by atoms with van der Waals surface area (Å²) in [6.07, 6.45) is 4.75. The van der Waals surface area contributed by atoms with E-state index in [2.05, 4.69) is 20.2 Å². The van der Waals surface area contributed by atoms with Gasteiger partial charge in [-0.2, -0.15) is 10.1 Å². The van der Waals surface area contributed by atoms with Crippen molar-refractivity contribution in [3.05, 3.63) is 41.2 Å². The molecule has 3 heterocycles. The fourth-order valence-corrected chi connectivity index (χ4v) is 2.42. The normalized spacial score (nSPS) is 11.1. The molecule has 23 heavy (non-hydrogen) atoms. The van der Waals surface area contributed by atoms with Crippen LogP contribution in [-0.2, 0) is 18.2 Å². The monoisotopic (exact) mass is 314 g/mol. The number of carbonyl (C=O) groups excluding carboxylic acids is 1. The van der Waals surface area contributed by atoms with E-state index < -0.39 is 0 Å². The number of esters is 1. The molecule has 0 aliphatic rings. The summed E-state index contributed by atoms with van der Waals surface area (Å²) in [5.41, 5.74) is 2.03. The van der Waals surface area contributed by atoms with Crippen molar-refractivity contribution in [1.29, 1.82) is 0 Å². The zero-order chi connectivity index (χ0) is 16.4. The number of aromatic nitrogens is 6. The first-order chi connectivity index (χ1) is 11.1. The van der Waals surface area contributed by atoms with Crippen LogP contribution in [0.1, 0.15) is 34.0 Å². The van der Waals surface area contributed by atoms with Gasteiger partial charge in [0.1, 0.15) is 5.56 Å². The van der Waals surface area contributed by atoms with Crippen molar-refractivity contribution in [2.45, 2.75) is 26.7 Å². The predicted molar refractivity (Wildman–Crippen MR) is 82.1 cm³/mol. The van der Waals surface area contributed by atoms with E-state index in [4.69, 9.17) is 4.74 Å². The van der Waals surface area contributed by atoms with Gasteiger partial charge in [-0.25, -0.2) is 14.3 Å². The lowest BCUT2D eigenvalue weighted by atomic mass is 10.2. The minimum atomic E-state index is -0.335. The van der Waals surface area contributed by atoms with E-state index in [1.165, 1.54) is 0 Å². The molecule has 0 aromatic carbocycles. The Bertz CT molecular complexity index is 818. The summed E-state index contributed by atoms with van der Waals surface area (Å²) in [5, 5.41) is 8.53. The summed E-state index contributed by atoms with van der Waals surface area (Å²) >= 11 is 0. The van der Waals surface area contributed by atoms with Crippen molar-refractivity contribution in [1.82, 2.24) is 29.4 Å². The summed E-state index contributed by atoms with van der Waals surface area (Å²) in [5.74, 6) is 0.923. The first-order valence-electron chi connectivity index (χ1n) is 7.40. The molecule has 0 unspecified atom stereocenters. The van der Waals surface area contributed by atoms with Gasteiger partial charge in [0, 0.05) is 31.6 Å². The fraction of sp³-hybridized carbons (Fsp3) is 0.400. The molecule has 0 saturated heterocycles. The van der Waals surface area contributed by atoms with Gasteiger partial charge in [-0.15, -0.1) is 5.10 Å². The SMILES string of the molecule is Cc1nn(C)c(C)c1C(=O)OCCCc1nc2ncccn2n1. The van der Waals surface area contributed by atoms with Crippen LogP contribution in [0.5, 0.6) is 0 Å². The summed E-state index contributed by atoms with van der Waals surface area (Å²) in [7, 11) is 1.81. The lowest BCUT2D eigenvalue weighted by Crippen LogP contribution is -2.09. The molecule has 3 rings (SSSR count). The Labute approximate surface area is 133 Å². The molecule has 0 fully saturated rings. The molecular weight excluding hydrogens is 296 g/mol. The Morgan fingerprint density at radius 3 is 2.83 bits per heavy atom. The number of aryl methyl sites for hydroxylation is 3. The highest BCUT2D eigenvalue weighted by molar-refractivity contribution is 5.91. The van der Waals surface area contributed by atoms with Crippen LogP contribution in [0, 0.1) is 13.8 Å². The molecule has 3 aromatic heterocycles. The largest absolute Gasteiger partial charge is 0.462 e. The van der Waals surface area contributed by atoms with Crippen LogP contribution in [0.25, 0.3) is 5.78 Å². The van der Waals surface area contributed by atoms with E-state index in [-0.39, 0.29) is 5.97 Å². The van der Waals surface area contributed by atoms with Crippen molar-refractivity contribution in [3.63, 3.8) is 0 Å². The molecule has 120 valence electrons. The number of rotatable bonds is 5. The number of nitrogens with zero attached hydrogens (tertiary/aromatic N) is 6. The predicted octanol–water partition coefficient (Wildman–Crippen LogP) is 1.26. The van der Waals surface area contributed by atoms with Gasteiger partial charge in [0.05, 0.1) is 12.3 Å². The van der Waals surface area contributed by atoms with Gasteiger partial charge in [0.2, 0.25) is 0 Å². The molecule has 0 amide bonds. The smallest absolute Gasteiger partial charge is 0.341 e. The molecule has 0 aliphatic heterocycles. The summed E-state index contributed by atoms with van der Waals surface area (Å²) in [6, 6.07) is 1.80. The highest BCUT2D eigenvalue weighted by Crippen LogP contribution is 2.13. The van der Waals surface area contributed by atoms with Crippen molar-refractivity contribution >= 4 is 11.7 Å². The molecule has 0 aliphatic carbocycles. The molecule has 0 atom stereocenters. The second-order valence-electron chi connectivity index (χ2n) is 5.30. The van der Waals surface area contributed by atoms with Crippen LogP contribution >= 0.6 is 0 Å². The fourth-order valence-electron chi connectivity index (χ4n) is 2.42. The lowest BCUT2D eigenvalue weighted by Gasteiger charge is -2.04. The van der Waals surface area contributed by atoms with E-state index in [1.807, 2.05) is 14.0 Å². The average Bonchev–Trinajstić information content (AvgIpc) is 3.04. The molecule has 0 spiro atoms. The van der Waals surface area contributed by atoms with Crippen LogP contribution in [0.4, 0.5) is 0 Å². The zero-order valence-corrected chi connectivity index (χ0v) is 13.4. The van der Waals surface area contributed by atoms with Crippen LogP contribution in [0.15, 0.2) is 18.5 Å². The lowest BCUT2D eigenvalue weighted by molar-refractivity contribution is 0.0498. The second kappa shape index (κ2) is 6.15. The molecular formula is C15H18N6O2. The molecule has 0 saturated carbocycles. The minimum Gasteiger partial charge on any atom is -0.462 e. The second-order valence-corrected chi connectivity index (χ2v) is 5.30. The van der Waals surface area contributed by atoms with Crippen LogP contribution in [0.3, 0.4) is 0 Å². The maximum absolute atomic E-state index is 12.1. The van der Waals surface area contributed by atoms with Gasteiger partial charge < -0.3 is 4.74 Å². The van der Waals surface area contributed by atoms with Gasteiger partial charge in [-0.3, -0.25) is 4.68 Å². The third-order valence-electron chi connectivity index (χ3n) is 3.65. The third-order valence-corrected chi connectivity index (χ3v) is 3.65. The van der Waals surface area contributed by atoms with E-state index in [0.717, 1.165) is 5.69 Å². The van der Waals surface area contributed by atoms with Gasteiger partial charge in [-0.05, 0) is 26.3 Å². The molecule has 8 nitrogen and oxygen atoms in total. The highest BCUT2D eigenvalue weighted by Gasteiger charge is 2.18. The van der Waals surface area contributed by atoms with Crippen LogP contribution in [-0.4, -0.2) is 41.9 Å². The number of ether oxygens (including phenoxy) is 1. The van der Waals surface area contributed by atoms with E-state index in [1.54, 1.807) is 34.6 Å². The first kappa shape index (κ1) is 15.1. The van der Waals surface area contributed by atoms with Gasteiger partial charge >= 0.3 is 5.97 Å². The first-order valence-corrected chi connectivity index (χ1v) is 7.40. The van der Waals surface area contributed by atoms with Gasteiger partial charge in [0.25, 0.3) is 5.78 Å². The Hall–Kier alpha value is -2.77. The van der Waals surface area contributed by atoms with Crippen molar-refractivity contribution in [2.24, 2.45) is 7.05 Å². The average molecular weight is 314 g/mol. The van der Waals surface area contributed by atoms with Crippen molar-refractivity contribution < 1.29 is 9.53 Å². The number of fused-ring (bicyclic) bond motifs is 1. The Kier molecular flexibility index (Phi) is 4.05. The molecule has 0 N–H and O–H groups in total. The Balaban J connectivity index is 1.54. The Morgan fingerprint density at radius 2 is 2.13 bits per heavy atom. The van der Waals surface area contributed by atoms with Gasteiger partial charge in [0.15, 0.2) is 5.82 Å². The highest BCUT2D eigenvalue weighted by atomic mass is 16.5. The minimum absolute atomic E-state index is 0.315.